The van der Waals surface area contributed by atoms with Crippen LogP contribution in [-0.2, 0) is 33.4 Å². The molecule has 2 atom stereocenters. The monoisotopic (exact) mass is 372 g/mol. The molecule has 0 aromatic rings. The first kappa shape index (κ1) is 21.2. The minimum Gasteiger partial charge on any atom is -0.465 e. The lowest BCUT2D eigenvalue weighted by molar-refractivity contribution is -0.165. The number of hydrogen-bond acceptors (Lipinski definition) is 8. The summed E-state index contributed by atoms with van der Waals surface area (Å²) in [6, 6.07) is 0. The average Bonchev–Trinajstić information content (AvgIpc) is 2.85. The number of thioether (sulfide) groups is 1. The highest BCUT2D eigenvalue weighted by atomic mass is 32.2. The number of carbonyl (C=O) groups excluding carboxylic acids is 4. The largest absolute Gasteiger partial charge is 0.465 e. The molecule has 0 heterocycles. The van der Waals surface area contributed by atoms with Crippen molar-refractivity contribution < 1.29 is 33.4 Å². The van der Waals surface area contributed by atoms with Gasteiger partial charge in [0.15, 0.2) is 11.7 Å². The molecule has 0 amide bonds. The number of esters is 3. The van der Waals surface area contributed by atoms with Gasteiger partial charge in [-0.15, -0.1) is 11.8 Å². The predicted molar refractivity (Wildman–Crippen MR) is 91.6 cm³/mol. The van der Waals surface area contributed by atoms with Crippen LogP contribution in [0.25, 0.3) is 0 Å². The molecule has 0 bridgehead atoms. The van der Waals surface area contributed by atoms with Crippen molar-refractivity contribution in [3.05, 3.63) is 11.0 Å². The SMILES string of the molecule is CCOC(=O)C(C(=O)OCC)[C@H]1C(SCC)=CC(=O)[C@@H]1C(=O)OCC. The Morgan fingerprint density at radius 2 is 1.52 bits per heavy atom. The van der Waals surface area contributed by atoms with Gasteiger partial charge in [-0.3, -0.25) is 19.2 Å². The highest BCUT2D eigenvalue weighted by molar-refractivity contribution is 8.03. The molecule has 140 valence electrons. The Labute approximate surface area is 151 Å². The lowest BCUT2D eigenvalue weighted by Crippen LogP contribution is -2.41. The van der Waals surface area contributed by atoms with E-state index in [4.69, 9.17) is 14.2 Å². The van der Waals surface area contributed by atoms with Gasteiger partial charge in [0, 0.05) is 5.92 Å². The third-order valence-corrected chi connectivity index (χ3v) is 4.58. The van der Waals surface area contributed by atoms with Crippen LogP contribution in [-0.4, -0.2) is 49.3 Å². The summed E-state index contributed by atoms with van der Waals surface area (Å²) in [5, 5.41) is 0. The van der Waals surface area contributed by atoms with Crippen molar-refractivity contribution >= 4 is 35.5 Å². The quantitative estimate of drug-likeness (QED) is 0.343. The van der Waals surface area contributed by atoms with Crippen molar-refractivity contribution in [1.29, 1.82) is 0 Å². The van der Waals surface area contributed by atoms with E-state index in [0.29, 0.717) is 10.7 Å². The van der Waals surface area contributed by atoms with E-state index in [1.807, 2.05) is 6.92 Å². The van der Waals surface area contributed by atoms with Crippen molar-refractivity contribution in [2.75, 3.05) is 25.6 Å². The Morgan fingerprint density at radius 1 is 1.00 bits per heavy atom. The van der Waals surface area contributed by atoms with Gasteiger partial charge in [0.1, 0.15) is 5.92 Å². The first-order chi connectivity index (χ1) is 11.9. The number of hydrogen-bond donors (Lipinski definition) is 0. The lowest BCUT2D eigenvalue weighted by Gasteiger charge is -2.26. The Hall–Kier alpha value is -1.83. The van der Waals surface area contributed by atoms with Gasteiger partial charge >= 0.3 is 17.9 Å². The first-order valence-electron chi connectivity index (χ1n) is 8.30. The van der Waals surface area contributed by atoms with Crippen molar-refractivity contribution in [2.45, 2.75) is 27.7 Å². The number of carbonyl (C=O) groups is 4. The van der Waals surface area contributed by atoms with E-state index >= 15 is 0 Å². The van der Waals surface area contributed by atoms with Crippen LogP contribution in [0.2, 0.25) is 0 Å². The highest BCUT2D eigenvalue weighted by Crippen LogP contribution is 2.43. The second-order valence-electron chi connectivity index (χ2n) is 5.12. The fourth-order valence-corrected chi connectivity index (χ4v) is 3.67. The summed E-state index contributed by atoms with van der Waals surface area (Å²) in [6.07, 6.45) is 1.31. The second kappa shape index (κ2) is 10.2. The maximum atomic E-state index is 12.4. The van der Waals surface area contributed by atoms with Gasteiger partial charge in [-0.05, 0) is 37.5 Å². The van der Waals surface area contributed by atoms with Gasteiger partial charge in [-0.25, -0.2) is 0 Å². The molecule has 0 N–H and O–H groups in total. The van der Waals surface area contributed by atoms with E-state index in [2.05, 4.69) is 0 Å². The van der Waals surface area contributed by atoms with Crippen LogP contribution >= 0.6 is 11.8 Å². The molecule has 0 saturated carbocycles. The summed E-state index contributed by atoms with van der Waals surface area (Å²) in [5.74, 6) is -5.82. The van der Waals surface area contributed by atoms with Crippen LogP contribution in [0, 0.1) is 17.8 Å². The molecule has 0 unspecified atom stereocenters. The fourth-order valence-electron chi connectivity index (χ4n) is 2.68. The number of allylic oxidation sites excluding steroid dienone is 2. The van der Waals surface area contributed by atoms with E-state index in [1.165, 1.54) is 17.8 Å². The molecule has 0 aromatic heterocycles. The molecule has 0 aromatic carbocycles. The Morgan fingerprint density at radius 3 is 1.96 bits per heavy atom. The molecule has 8 heteroatoms. The summed E-state index contributed by atoms with van der Waals surface area (Å²) in [5.41, 5.74) is 0. The van der Waals surface area contributed by atoms with Gasteiger partial charge in [-0.2, -0.15) is 0 Å². The van der Waals surface area contributed by atoms with Gasteiger partial charge in [-0.1, -0.05) is 6.92 Å². The van der Waals surface area contributed by atoms with Gasteiger partial charge in [0.2, 0.25) is 0 Å². The van der Waals surface area contributed by atoms with Crippen molar-refractivity contribution in [1.82, 2.24) is 0 Å². The van der Waals surface area contributed by atoms with Crippen LogP contribution in [0.5, 0.6) is 0 Å². The molecule has 0 radical (unpaired) electrons. The Bertz CT molecular complexity index is 537. The first-order valence-corrected chi connectivity index (χ1v) is 9.29. The van der Waals surface area contributed by atoms with Crippen LogP contribution in [0.1, 0.15) is 27.7 Å². The maximum absolute atomic E-state index is 12.4. The molecular weight excluding hydrogens is 348 g/mol. The molecule has 1 aliphatic rings. The third-order valence-electron chi connectivity index (χ3n) is 3.57. The van der Waals surface area contributed by atoms with Crippen molar-refractivity contribution in [2.24, 2.45) is 17.8 Å². The summed E-state index contributed by atoms with van der Waals surface area (Å²) in [7, 11) is 0. The topological polar surface area (TPSA) is 96.0 Å². The maximum Gasteiger partial charge on any atom is 0.321 e. The van der Waals surface area contributed by atoms with Crippen LogP contribution < -0.4 is 0 Å². The Kier molecular flexibility index (Phi) is 8.68. The van der Waals surface area contributed by atoms with Crippen molar-refractivity contribution in [3.8, 4) is 0 Å². The third kappa shape index (κ3) is 5.07. The predicted octanol–water partition coefficient (Wildman–Crippen LogP) is 1.74. The molecule has 0 aliphatic heterocycles. The fraction of sp³-hybridized carbons (Fsp3) is 0.647. The van der Waals surface area contributed by atoms with Crippen LogP contribution in [0.3, 0.4) is 0 Å². The smallest absolute Gasteiger partial charge is 0.321 e. The molecule has 1 aliphatic carbocycles. The van der Waals surface area contributed by atoms with E-state index in [0.717, 1.165) is 0 Å². The number of rotatable bonds is 9. The van der Waals surface area contributed by atoms with Crippen LogP contribution in [0.15, 0.2) is 11.0 Å². The Balaban J connectivity index is 3.32. The molecule has 0 fully saturated rings. The summed E-state index contributed by atoms with van der Waals surface area (Å²) in [6.45, 7) is 6.94. The molecule has 1 rings (SSSR count). The molecule has 25 heavy (non-hydrogen) atoms. The minimum absolute atomic E-state index is 0.0689. The lowest BCUT2D eigenvalue weighted by atomic mass is 9.83. The minimum atomic E-state index is -1.38. The second-order valence-corrected chi connectivity index (χ2v) is 6.46. The zero-order valence-electron chi connectivity index (χ0n) is 14.9. The summed E-state index contributed by atoms with van der Waals surface area (Å²) in [4.78, 5) is 50.0. The molecule has 0 spiro atoms. The van der Waals surface area contributed by atoms with Gasteiger partial charge in [0.25, 0.3) is 0 Å². The van der Waals surface area contributed by atoms with Gasteiger partial charge < -0.3 is 14.2 Å². The van der Waals surface area contributed by atoms with Crippen molar-refractivity contribution in [3.63, 3.8) is 0 Å². The zero-order valence-corrected chi connectivity index (χ0v) is 15.7. The van der Waals surface area contributed by atoms with E-state index < -0.39 is 41.4 Å². The summed E-state index contributed by atoms with van der Waals surface area (Å²) >= 11 is 1.31. The summed E-state index contributed by atoms with van der Waals surface area (Å²) < 4.78 is 15.0. The average molecular weight is 372 g/mol. The van der Waals surface area contributed by atoms with E-state index in [-0.39, 0.29) is 19.8 Å². The normalized spacial score (nSPS) is 19.6. The zero-order chi connectivity index (χ0) is 19.0. The molecule has 7 nitrogen and oxygen atoms in total. The number of ether oxygens (including phenoxy) is 3. The highest BCUT2D eigenvalue weighted by Gasteiger charge is 2.52. The van der Waals surface area contributed by atoms with E-state index in [1.54, 1.807) is 20.8 Å². The molecular formula is C17H24O7S. The number of ketones is 1. The standard InChI is InChI=1S/C17H24O7S/c1-5-22-15(19)12-10(18)9-11(25-8-4)13(12)14(16(20)23-6-2)17(21)24-7-3/h9,12-14H,5-8H2,1-4H3/t12-,13-/m0/s1. The van der Waals surface area contributed by atoms with E-state index in [9.17, 15) is 19.2 Å². The molecule has 0 saturated heterocycles. The van der Waals surface area contributed by atoms with Gasteiger partial charge in [0.05, 0.1) is 19.8 Å². The van der Waals surface area contributed by atoms with Crippen LogP contribution in [0.4, 0.5) is 0 Å².